The summed E-state index contributed by atoms with van der Waals surface area (Å²) in [5.41, 5.74) is -1.11. The molecule has 25 heavy (non-hydrogen) atoms. The van der Waals surface area contributed by atoms with Gasteiger partial charge < -0.3 is 25.2 Å². The number of thioether (sulfide) groups is 1. The highest BCUT2D eigenvalue weighted by atomic mass is 32.3. The standard InChI is InChI=1S/C13H25NO9S2/c1-7(2)4-3-5-9(14-23-25(19,20)21)24-13-12(18)11(17)10(16)8(6-15)22-13/h7-8,10-13,15-18H,3-6H2,1-2H3,(H,19,20,21)/b14-9+/t8-,10-,11+,12-,13+/m1/s1. The Hall–Kier alpha value is -0.470. The van der Waals surface area contributed by atoms with Crippen LogP contribution in [0.2, 0.25) is 0 Å². The Bertz CT molecular complexity index is 538. The molecule has 148 valence electrons. The van der Waals surface area contributed by atoms with E-state index in [1.807, 2.05) is 13.8 Å². The summed E-state index contributed by atoms with van der Waals surface area (Å²) in [5.74, 6) is 0.404. The second-order valence-electron chi connectivity index (χ2n) is 6.09. The predicted octanol–water partition coefficient (Wildman–Crippen LogP) is -0.521. The summed E-state index contributed by atoms with van der Waals surface area (Å²) in [6.07, 6.45) is -3.89. The van der Waals surface area contributed by atoms with Gasteiger partial charge in [-0.05, 0) is 18.8 Å². The molecule has 0 saturated carbocycles. The van der Waals surface area contributed by atoms with Gasteiger partial charge in [0.1, 0.15) is 34.9 Å². The van der Waals surface area contributed by atoms with E-state index in [2.05, 4.69) is 9.44 Å². The third-order valence-electron chi connectivity index (χ3n) is 3.51. The number of hydrogen-bond acceptors (Lipinski definition) is 10. The number of ether oxygens (including phenoxy) is 1. The van der Waals surface area contributed by atoms with Crippen molar-refractivity contribution in [1.82, 2.24) is 0 Å². The molecule has 0 unspecified atom stereocenters. The van der Waals surface area contributed by atoms with Gasteiger partial charge in [-0.25, -0.2) is 4.28 Å². The molecule has 0 spiro atoms. The van der Waals surface area contributed by atoms with Crippen molar-refractivity contribution < 1.29 is 42.4 Å². The first-order valence-corrected chi connectivity index (χ1v) is 9.99. The fraction of sp³-hybridized carbons (Fsp3) is 0.923. The lowest BCUT2D eigenvalue weighted by molar-refractivity contribution is -0.205. The van der Waals surface area contributed by atoms with Crippen molar-refractivity contribution in [3.05, 3.63) is 0 Å². The molecule has 0 radical (unpaired) electrons. The fourth-order valence-corrected chi connectivity index (χ4v) is 3.52. The summed E-state index contributed by atoms with van der Waals surface area (Å²) in [6, 6.07) is 0. The van der Waals surface area contributed by atoms with Crippen LogP contribution in [0.4, 0.5) is 0 Å². The number of oxime groups is 1. The number of rotatable bonds is 8. The Morgan fingerprint density at radius 2 is 1.88 bits per heavy atom. The second kappa shape index (κ2) is 10.0. The molecule has 0 bridgehead atoms. The Morgan fingerprint density at radius 1 is 1.24 bits per heavy atom. The molecule has 5 N–H and O–H groups in total. The Morgan fingerprint density at radius 3 is 2.40 bits per heavy atom. The molecule has 1 fully saturated rings. The first-order chi connectivity index (χ1) is 11.5. The molecular weight excluding hydrogens is 378 g/mol. The van der Waals surface area contributed by atoms with E-state index in [1.54, 1.807) is 0 Å². The van der Waals surface area contributed by atoms with Gasteiger partial charge in [0, 0.05) is 0 Å². The lowest BCUT2D eigenvalue weighted by atomic mass is 10.0. The average molecular weight is 403 g/mol. The molecule has 1 saturated heterocycles. The highest BCUT2D eigenvalue weighted by molar-refractivity contribution is 8.14. The molecule has 1 rings (SSSR count). The highest BCUT2D eigenvalue weighted by Gasteiger charge is 2.44. The monoisotopic (exact) mass is 403 g/mol. The van der Waals surface area contributed by atoms with Gasteiger partial charge in [0.05, 0.1) is 6.61 Å². The maximum atomic E-state index is 10.7. The maximum Gasteiger partial charge on any atom is 0.466 e. The van der Waals surface area contributed by atoms with Gasteiger partial charge in [0.15, 0.2) is 0 Å². The van der Waals surface area contributed by atoms with Crippen LogP contribution in [-0.2, 0) is 19.4 Å². The number of hydrogen-bond donors (Lipinski definition) is 5. The summed E-state index contributed by atoms with van der Waals surface area (Å²) in [4.78, 5) is 0. The zero-order chi connectivity index (χ0) is 19.2. The van der Waals surface area contributed by atoms with Crippen LogP contribution in [0.5, 0.6) is 0 Å². The minimum atomic E-state index is -4.78. The molecule has 0 amide bonds. The first kappa shape index (κ1) is 22.6. The van der Waals surface area contributed by atoms with Crippen molar-refractivity contribution >= 4 is 27.2 Å². The lowest BCUT2D eigenvalue weighted by Gasteiger charge is -2.39. The van der Waals surface area contributed by atoms with E-state index in [9.17, 15) is 28.8 Å². The molecule has 0 aromatic rings. The molecule has 1 aliphatic heterocycles. The summed E-state index contributed by atoms with van der Waals surface area (Å²) in [7, 11) is -4.78. The summed E-state index contributed by atoms with van der Waals surface area (Å²) >= 11 is 0.786. The van der Waals surface area contributed by atoms with Gasteiger partial charge in [-0.2, -0.15) is 8.42 Å². The van der Waals surface area contributed by atoms with Gasteiger partial charge in [0.25, 0.3) is 0 Å². The summed E-state index contributed by atoms with van der Waals surface area (Å²) < 4.78 is 39.4. The van der Waals surface area contributed by atoms with E-state index in [0.717, 1.165) is 18.2 Å². The van der Waals surface area contributed by atoms with Crippen LogP contribution < -0.4 is 0 Å². The van der Waals surface area contributed by atoms with E-state index in [-0.39, 0.29) is 11.5 Å². The van der Waals surface area contributed by atoms with Gasteiger partial charge >= 0.3 is 10.4 Å². The first-order valence-electron chi connectivity index (χ1n) is 7.75. The third-order valence-corrected chi connectivity index (χ3v) is 4.94. The van der Waals surface area contributed by atoms with Gasteiger partial charge in [-0.1, -0.05) is 37.2 Å². The maximum absolute atomic E-state index is 10.7. The quantitative estimate of drug-likeness (QED) is 0.154. The molecular formula is C13H25NO9S2. The molecule has 10 nitrogen and oxygen atoms in total. The summed E-state index contributed by atoms with van der Waals surface area (Å²) in [6.45, 7) is 3.44. The van der Waals surface area contributed by atoms with Crippen molar-refractivity contribution in [2.24, 2.45) is 11.1 Å². The van der Waals surface area contributed by atoms with Crippen LogP contribution in [0, 0.1) is 5.92 Å². The molecule has 0 aromatic heterocycles. The Kier molecular flexibility index (Phi) is 9.04. The van der Waals surface area contributed by atoms with Gasteiger partial charge in [0.2, 0.25) is 0 Å². The number of aliphatic hydroxyl groups is 4. The van der Waals surface area contributed by atoms with Crippen LogP contribution in [0.25, 0.3) is 0 Å². The Labute approximate surface area is 150 Å². The largest absolute Gasteiger partial charge is 0.466 e. The van der Waals surface area contributed by atoms with Gasteiger partial charge in [-0.15, -0.1) is 0 Å². The molecule has 12 heteroatoms. The van der Waals surface area contributed by atoms with Gasteiger partial charge in [-0.3, -0.25) is 4.55 Å². The minimum absolute atomic E-state index is 0.114. The van der Waals surface area contributed by atoms with Crippen molar-refractivity contribution in [2.75, 3.05) is 6.61 Å². The van der Waals surface area contributed by atoms with E-state index in [1.165, 1.54) is 0 Å². The molecule has 5 atom stereocenters. The topological polar surface area (TPSA) is 166 Å². The minimum Gasteiger partial charge on any atom is -0.394 e. The zero-order valence-electron chi connectivity index (χ0n) is 13.9. The van der Waals surface area contributed by atoms with Crippen molar-refractivity contribution in [1.29, 1.82) is 0 Å². The van der Waals surface area contributed by atoms with E-state index < -0.39 is 46.9 Å². The molecule has 0 aromatic carbocycles. The van der Waals surface area contributed by atoms with E-state index >= 15 is 0 Å². The van der Waals surface area contributed by atoms with Crippen LogP contribution in [-0.4, -0.2) is 74.9 Å². The zero-order valence-corrected chi connectivity index (χ0v) is 15.6. The number of aliphatic hydroxyl groups excluding tert-OH is 4. The highest BCUT2D eigenvalue weighted by Crippen LogP contribution is 2.30. The van der Waals surface area contributed by atoms with Crippen LogP contribution in [0.15, 0.2) is 5.16 Å². The Balaban J connectivity index is 2.83. The fourth-order valence-electron chi connectivity index (χ4n) is 2.18. The lowest BCUT2D eigenvalue weighted by Crippen LogP contribution is -2.57. The third kappa shape index (κ3) is 7.74. The van der Waals surface area contributed by atoms with Crippen molar-refractivity contribution in [3.8, 4) is 0 Å². The number of nitrogens with zero attached hydrogens (tertiary/aromatic N) is 1. The summed E-state index contributed by atoms with van der Waals surface area (Å²) in [5, 5.41) is 42.2. The SMILES string of the molecule is CC(C)CCC/C(=N\OS(=O)(=O)O)S[C@@H]1O[C@H](CO)[C@@H](O)[C@H](O)[C@H]1O. The molecule has 1 heterocycles. The van der Waals surface area contributed by atoms with Crippen LogP contribution >= 0.6 is 11.8 Å². The molecule has 0 aliphatic carbocycles. The second-order valence-corrected chi connectivity index (χ2v) is 8.26. The smallest absolute Gasteiger partial charge is 0.394 e. The predicted molar refractivity (Wildman–Crippen MR) is 90.1 cm³/mol. The van der Waals surface area contributed by atoms with Crippen LogP contribution in [0.1, 0.15) is 33.1 Å². The average Bonchev–Trinajstić information content (AvgIpc) is 2.51. The molecule has 1 aliphatic rings. The van der Waals surface area contributed by atoms with E-state index in [4.69, 9.17) is 9.29 Å². The van der Waals surface area contributed by atoms with Crippen LogP contribution in [0.3, 0.4) is 0 Å². The van der Waals surface area contributed by atoms with Crippen molar-refractivity contribution in [3.63, 3.8) is 0 Å². The van der Waals surface area contributed by atoms with Crippen molar-refractivity contribution in [2.45, 2.75) is 63.0 Å². The normalized spacial score (nSPS) is 31.4. The van der Waals surface area contributed by atoms with E-state index in [0.29, 0.717) is 12.3 Å².